The summed E-state index contributed by atoms with van der Waals surface area (Å²) in [4.78, 5) is 27.3. The summed E-state index contributed by atoms with van der Waals surface area (Å²) in [6, 6.07) is 17.7. The summed E-state index contributed by atoms with van der Waals surface area (Å²) in [6.45, 7) is 2.34. The van der Waals surface area contributed by atoms with Crippen molar-refractivity contribution in [1.29, 1.82) is 0 Å². The van der Waals surface area contributed by atoms with Crippen molar-refractivity contribution in [3.05, 3.63) is 76.6 Å². The Morgan fingerprint density at radius 2 is 1.82 bits per heavy atom. The number of para-hydroxylation sites is 1. The molecule has 1 atom stereocenters. The maximum Gasteiger partial charge on any atom is 0.267 e. The van der Waals surface area contributed by atoms with Crippen LogP contribution in [0.3, 0.4) is 0 Å². The molecule has 0 saturated carbocycles. The Bertz CT molecular complexity index is 1070. The van der Waals surface area contributed by atoms with Crippen LogP contribution in [-0.4, -0.2) is 29.3 Å². The van der Waals surface area contributed by atoms with Crippen LogP contribution >= 0.6 is 0 Å². The van der Waals surface area contributed by atoms with Crippen LogP contribution in [0.2, 0.25) is 0 Å². The lowest BCUT2D eigenvalue weighted by atomic mass is 10.1. The van der Waals surface area contributed by atoms with Crippen LogP contribution in [0.25, 0.3) is 11.3 Å². The lowest BCUT2D eigenvalue weighted by Crippen LogP contribution is -2.39. The predicted molar refractivity (Wildman–Crippen MR) is 108 cm³/mol. The van der Waals surface area contributed by atoms with Crippen molar-refractivity contribution in [3.8, 4) is 17.0 Å². The van der Waals surface area contributed by atoms with E-state index in [1.54, 1.807) is 25.0 Å². The Labute approximate surface area is 163 Å². The molecule has 6 heteroatoms. The Balaban J connectivity index is 1.65. The first-order chi connectivity index (χ1) is 13.6. The maximum atomic E-state index is 13.1. The van der Waals surface area contributed by atoms with Gasteiger partial charge in [0.25, 0.3) is 11.5 Å². The first-order valence-electron chi connectivity index (χ1n) is 9.22. The summed E-state index contributed by atoms with van der Waals surface area (Å²) in [5.41, 5.74) is 3.24. The van der Waals surface area contributed by atoms with E-state index >= 15 is 0 Å². The number of nitrogens with zero attached hydrogens (tertiary/aromatic N) is 3. The molecule has 0 aliphatic carbocycles. The van der Waals surface area contributed by atoms with Crippen LogP contribution < -0.4 is 15.2 Å². The number of fused-ring (bicyclic) bond motifs is 1. The summed E-state index contributed by atoms with van der Waals surface area (Å²) in [6.07, 6.45) is 0.822. The first kappa shape index (κ1) is 18.0. The standard InChI is InChI=1S/C22H21N3O3/c1-15(22(27)24-14-13-17-5-3-4-6-20(17)24)25-21(26)12-11-19(23-25)16-7-9-18(28-2)10-8-16/h3-12,15H,13-14H2,1-2H3. The van der Waals surface area contributed by atoms with Crippen molar-refractivity contribution in [3.63, 3.8) is 0 Å². The van der Waals surface area contributed by atoms with Crippen LogP contribution in [0, 0.1) is 0 Å². The van der Waals surface area contributed by atoms with Gasteiger partial charge in [0.1, 0.15) is 11.8 Å². The van der Waals surface area contributed by atoms with E-state index in [0.717, 1.165) is 29.0 Å². The van der Waals surface area contributed by atoms with Gasteiger partial charge in [-0.1, -0.05) is 18.2 Å². The van der Waals surface area contributed by atoms with Crippen LogP contribution in [0.4, 0.5) is 5.69 Å². The van der Waals surface area contributed by atoms with E-state index in [1.165, 1.54) is 10.7 Å². The van der Waals surface area contributed by atoms with Gasteiger partial charge in [-0.15, -0.1) is 0 Å². The van der Waals surface area contributed by atoms with Gasteiger partial charge in [0.05, 0.1) is 12.8 Å². The average molecular weight is 375 g/mol. The number of carbonyl (C=O) groups is 1. The first-order valence-corrected chi connectivity index (χ1v) is 9.22. The number of methoxy groups -OCH3 is 1. The highest BCUT2D eigenvalue weighted by Crippen LogP contribution is 2.29. The van der Waals surface area contributed by atoms with Crippen molar-refractivity contribution in [2.75, 3.05) is 18.6 Å². The Hall–Kier alpha value is -3.41. The van der Waals surface area contributed by atoms with Crippen molar-refractivity contribution in [2.24, 2.45) is 0 Å². The van der Waals surface area contributed by atoms with E-state index in [2.05, 4.69) is 5.10 Å². The minimum Gasteiger partial charge on any atom is -0.497 e. The highest BCUT2D eigenvalue weighted by Gasteiger charge is 2.29. The SMILES string of the molecule is COc1ccc(-c2ccc(=O)n(C(C)C(=O)N3CCc4ccccc43)n2)cc1. The number of rotatable bonds is 4. The molecule has 0 bridgehead atoms. The van der Waals surface area contributed by atoms with Crippen molar-refractivity contribution in [1.82, 2.24) is 9.78 Å². The molecule has 1 aliphatic rings. The summed E-state index contributed by atoms with van der Waals surface area (Å²) in [5, 5.41) is 4.46. The van der Waals surface area contributed by atoms with Gasteiger partial charge in [-0.2, -0.15) is 5.10 Å². The lowest BCUT2D eigenvalue weighted by Gasteiger charge is -2.22. The van der Waals surface area contributed by atoms with E-state index in [4.69, 9.17) is 4.74 Å². The lowest BCUT2D eigenvalue weighted by molar-refractivity contribution is -0.121. The molecule has 6 nitrogen and oxygen atoms in total. The number of carbonyl (C=O) groups excluding carboxylic acids is 1. The van der Waals surface area contributed by atoms with E-state index < -0.39 is 6.04 Å². The molecule has 0 N–H and O–H groups in total. The largest absolute Gasteiger partial charge is 0.497 e. The minimum absolute atomic E-state index is 0.133. The number of amides is 1. The molecule has 1 aliphatic heterocycles. The molecule has 0 spiro atoms. The smallest absolute Gasteiger partial charge is 0.267 e. The van der Waals surface area contributed by atoms with Crippen molar-refractivity contribution >= 4 is 11.6 Å². The zero-order valence-electron chi connectivity index (χ0n) is 15.8. The van der Waals surface area contributed by atoms with Gasteiger partial charge < -0.3 is 9.64 Å². The number of hydrogen-bond acceptors (Lipinski definition) is 4. The number of benzene rings is 2. The highest BCUT2D eigenvalue weighted by molar-refractivity contribution is 5.97. The third kappa shape index (κ3) is 3.17. The molecule has 142 valence electrons. The molecule has 0 saturated heterocycles. The average Bonchev–Trinajstić information content (AvgIpc) is 3.17. The molecular weight excluding hydrogens is 354 g/mol. The Kier molecular flexibility index (Phi) is 4.69. The number of ether oxygens (including phenoxy) is 1. The van der Waals surface area contributed by atoms with Crippen molar-refractivity contribution < 1.29 is 9.53 Å². The van der Waals surface area contributed by atoms with Gasteiger partial charge in [0, 0.05) is 23.9 Å². The maximum absolute atomic E-state index is 13.1. The molecule has 4 rings (SSSR count). The fourth-order valence-electron chi connectivity index (χ4n) is 3.52. The fraction of sp³-hybridized carbons (Fsp3) is 0.227. The third-order valence-electron chi connectivity index (χ3n) is 5.09. The molecule has 3 aromatic rings. The molecule has 2 aromatic carbocycles. The number of hydrogen-bond donors (Lipinski definition) is 0. The van der Waals surface area contributed by atoms with Gasteiger partial charge in [-0.25, -0.2) is 4.68 Å². The topological polar surface area (TPSA) is 64.4 Å². The second-order valence-electron chi connectivity index (χ2n) is 6.77. The molecule has 0 fully saturated rings. The van der Waals surface area contributed by atoms with Gasteiger partial charge in [0.15, 0.2) is 0 Å². The van der Waals surface area contributed by atoms with Crippen LogP contribution in [0.5, 0.6) is 5.75 Å². The highest BCUT2D eigenvalue weighted by atomic mass is 16.5. The van der Waals surface area contributed by atoms with E-state index in [1.807, 2.05) is 48.5 Å². The van der Waals surface area contributed by atoms with Crippen LogP contribution in [0.1, 0.15) is 18.5 Å². The summed E-state index contributed by atoms with van der Waals surface area (Å²) in [5.74, 6) is 0.611. The zero-order valence-corrected chi connectivity index (χ0v) is 15.8. The Morgan fingerprint density at radius 3 is 2.57 bits per heavy atom. The molecule has 1 unspecified atom stereocenters. The van der Waals surface area contributed by atoms with E-state index in [9.17, 15) is 9.59 Å². The monoisotopic (exact) mass is 375 g/mol. The van der Waals surface area contributed by atoms with E-state index in [0.29, 0.717) is 12.2 Å². The van der Waals surface area contributed by atoms with Gasteiger partial charge in [-0.05, 0) is 55.3 Å². The second kappa shape index (κ2) is 7.31. The fourth-order valence-corrected chi connectivity index (χ4v) is 3.52. The zero-order chi connectivity index (χ0) is 19.7. The van der Waals surface area contributed by atoms with Crippen LogP contribution in [0.15, 0.2) is 65.5 Å². The number of aromatic nitrogens is 2. The quantitative estimate of drug-likeness (QED) is 0.703. The van der Waals surface area contributed by atoms with Gasteiger partial charge >= 0.3 is 0 Å². The molecule has 1 amide bonds. The molecule has 1 aromatic heterocycles. The molecular formula is C22H21N3O3. The summed E-state index contributed by atoms with van der Waals surface area (Å²) >= 11 is 0. The van der Waals surface area contributed by atoms with Gasteiger partial charge in [0.2, 0.25) is 0 Å². The van der Waals surface area contributed by atoms with Crippen molar-refractivity contribution in [2.45, 2.75) is 19.4 Å². The molecule has 28 heavy (non-hydrogen) atoms. The van der Waals surface area contributed by atoms with Crippen LogP contribution in [-0.2, 0) is 11.2 Å². The van der Waals surface area contributed by atoms with E-state index in [-0.39, 0.29) is 11.5 Å². The third-order valence-corrected chi connectivity index (χ3v) is 5.09. The summed E-state index contributed by atoms with van der Waals surface area (Å²) in [7, 11) is 1.61. The summed E-state index contributed by atoms with van der Waals surface area (Å²) < 4.78 is 6.44. The minimum atomic E-state index is -0.697. The number of anilines is 1. The molecule has 0 radical (unpaired) electrons. The predicted octanol–water partition coefficient (Wildman–Crippen LogP) is 3.07. The normalized spacial score (nSPS) is 13.9. The Morgan fingerprint density at radius 1 is 1.07 bits per heavy atom. The molecule has 2 heterocycles. The second-order valence-corrected chi connectivity index (χ2v) is 6.77. The van der Waals surface area contributed by atoms with Gasteiger partial charge in [-0.3, -0.25) is 9.59 Å².